The van der Waals surface area contributed by atoms with Crippen molar-refractivity contribution in [2.45, 2.75) is 32.2 Å². The van der Waals surface area contributed by atoms with Crippen LogP contribution in [0.2, 0.25) is 0 Å². The number of rotatable bonds is 6. The molecule has 1 aromatic rings. The fraction of sp³-hybridized carbons (Fsp3) is 0.538. The second-order valence-corrected chi connectivity index (χ2v) is 4.31. The van der Waals surface area contributed by atoms with Crippen LogP contribution < -0.4 is 16.8 Å². The average molecular weight is 221 g/mol. The fourth-order valence-corrected chi connectivity index (χ4v) is 1.50. The van der Waals surface area contributed by atoms with Gasteiger partial charge in [0, 0.05) is 24.8 Å². The summed E-state index contributed by atoms with van der Waals surface area (Å²) >= 11 is 0. The first-order chi connectivity index (χ1) is 7.67. The van der Waals surface area contributed by atoms with Crippen LogP contribution in [0.5, 0.6) is 0 Å². The second kappa shape index (κ2) is 6.51. The van der Waals surface area contributed by atoms with Crippen molar-refractivity contribution in [1.29, 1.82) is 0 Å². The summed E-state index contributed by atoms with van der Waals surface area (Å²) in [4.78, 5) is 0. The van der Waals surface area contributed by atoms with Crippen LogP contribution in [0.1, 0.15) is 31.7 Å². The van der Waals surface area contributed by atoms with Gasteiger partial charge in [-0.25, -0.2) is 0 Å². The molecule has 3 nitrogen and oxygen atoms in total. The van der Waals surface area contributed by atoms with Crippen LogP contribution in [0.4, 0.5) is 5.69 Å². The largest absolute Gasteiger partial charge is 0.383 e. The van der Waals surface area contributed by atoms with E-state index in [4.69, 9.17) is 11.5 Å². The summed E-state index contributed by atoms with van der Waals surface area (Å²) in [6.07, 6.45) is 1.17. The Balaban J connectivity index is 2.51. The number of hydrogen-bond acceptors (Lipinski definition) is 3. The summed E-state index contributed by atoms with van der Waals surface area (Å²) in [7, 11) is 0. The first-order valence-corrected chi connectivity index (χ1v) is 5.96. The smallest absolute Gasteiger partial charge is 0.0340 e. The van der Waals surface area contributed by atoms with Crippen LogP contribution in [0, 0.1) is 0 Å². The van der Waals surface area contributed by atoms with Gasteiger partial charge in [-0.05, 0) is 30.0 Å². The van der Waals surface area contributed by atoms with Crippen LogP contribution >= 0.6 is 0 Å². The standard InChI is InChI=1S/C13H23N3/c1-3-10(2)11-4-6-13(7-5-11)16-9-12(15)8-14/h4-7,10,12,16H,3,8-9,14-15H2,1-2H3. The Hall–Kier alpha value is -1.06. The van der Waals surface area contributed by atoms with Crippen molar-refractivity contribution >= 4 is 5.69 Å². The third-order valence-corrected chi connectivity index (χ3v) is 2.96. The third kappa shape index (κ3) is 3.83. The summed E-state index contributed by atoms with van der Waals surface area (Å²) < 4.78 is 0. The maximum Gasteiger partial charge on any atom is 0.0340 e. The molecule has 0 fully saturated rings. The van der Waals surface area contributed by atoms with Gasteiger partial charge in [-0.15, -0.1) is 0 Å². The van der Waals surface area contributed by atoms with Gasteiger partial charge < -0.3 is 16.8 Å². The number of nitrogens with two attached hydrogens (primary N) is 2. The number of nitrogens with one attached hydrogen (secondary N) is 1. The van der Waals surface area contributed by atoms with Crippen molar-refractivity contribution in [3.63, 3.8) is 0 Å². The zero-order chi connectivity index (χ0) is 12.0. The van der Waals surface area contributed by atoms with E-state index in [9.17, 15) is 0 Å². The van der Waals surface area contributed by atoms with Gasteiger partial charge in [0.15, 0.2) is 0 Å². The van der Waals surface area contributed by atoms with E-state index in [0.29, 0.717) is 12.5 Å². The quantitative estimate of drug-likeness (QED) is 0.687. The van der Waals surface area contributed by atoms with Crippen molar-refractivity contribution in [2.24, 2.45) is 11.5 Å². The molecule has 0 amide bonds. The highest BCUT2D eigenvalue weighted by Crippen LogP contribution is 2.20. The lowest BCUT2D eigenvalue weighted by Crippen LogP contribution is -2.36. The molecule has 0 aromatic heterocycles. The monoisotopic (exact) mass is 221 g/mol. The Bertz CT molecular complexity index is 295. The zero-order valence-corrected chi connectivity index (χ0v) is 10.2. The molecule has 5 N–H and O–H groups in total. The van der Waals surface area contributed by atoms with Gasteiger partial charge in [0.25, 0.3) is 0 Å². The molecule has 0 aliphatic rings. The SMILES string of the molecule is CCC(C)c1ccc(NCC(N)CN)cc1. The molecule has 0 bridgehead atoms. The lowest BCUT2D eigenvalue weighted by atomic mass is 9.99. The van der Waals surface area contributed by atoms with E-state index >= 15 is 0 Å². The molecule has 90 valence electrons. The van der Waals surface area contributed by atoms with E-state index in [1.165, 1.54) is 12.0 Å². The van der Waals surface area contributed by atoms with Crippen LogP contribution in [-0.4, -0.2) is 19.1 Å². The predicted octanol–water partition coefficient (Wildman–Crippen LogP) is 1.90. The highest BCUT2D eigenvalue weighted by Gasteiger charge is 2.03. The molecule has 1 aromatic carbocycles. The van der Waals surface area contributed by atoms with Gasteiger partial charge in [-0.1, -0.05) is 26.0 Å². The number of anilines is 1. The molecule has 3 heteroatoms. The molecule has 2 atom stereocenters. The lowest BCUT2D eigenvalue weighted by Gasteiger charge is -2.13. The van der Waals surface area contributed by atoms with E-state index in [1.807, 2.05) is 0 Å². The van der Waals surface area contributed by atoms with E-state index in [-0.39, 0.29) is 6.04 Å². The minimum absolute atomic E-state index is 0.0224. The Morgan fingerprint density at radius 2 is 1.88 bits per heavy atom. The van der Waals surface area contributed by atoms with Gasteiger partial charge in [-0.3, -0.25) is 0 Å². The Morgan fingerprint density at radius 3 is 2.38 bits per heavy atom. The molecular formula is C13H23N3. The second-order valence-electron chi connectivity index (χ2n) is 4.31. The van der Waals surface area contributed by atoms with Gasteiger partial charge in [0.2, 0.25) is 0 Å². The molecule has 1 rings (SSSR count). The Labute approximate surface area is 98.2 Å². The van der Waals surface area contributed by atoms with Crippen LogP contribution in [0.3, 0.4) is 0 Å². The minimum atomic E-state index is 0.0224. The van der Waals surface area contributed by atoms with Crippen LogP contribution in [0.25, 0.3) is 0 Å². The van der Waals surface area contributed by atoms with Crippen LogP contribution in [0.15, 0.2) is 24.3 Å². The number of benzene rings is 1. The molecule has 0 aliphatic carbocycles. The van der Waals surface area contributed by atoms with Crippen molar-refractivity contribution in [1.82, 2.24) is 0 Å². The molecule has 2 unspecified atom stereocenters. The molecule has 0 aliphatic heterocycles. The molecule has 0 saturated heterocycles. The zero-order valence-electron chi connectivity index (χ0n) is 10.2. The van der Waals surface area contributed by atoms with Gasteiger partial charge in [-0.2, -0.15) is 0 Å². The highest BCUT2D eigenvalue weighted by atomic mass is 14.9. The average Bonchev–Trinajstić information content (AvgIpc) is 2.35. The first kappa shape index (κ1) is 13.0. The Kier molecular flexibility index (Phi) is 5.29. The molecule has 0 spiro atoms. The predicted molar refractivity (Wildman–Crippen MR) is 70.7 cm³/mol. The maximum absolute atomic E-state index is 5.73. The fourth-order valence-electron chi connectivity index (χ4n) is 1.50. The molecule has 0 saturated carbocycles. The van der Waals surface area contributed by atoms with Gasteiger partial charge in [0.05, 0.1) is 0 Å². The number of hydrogen-bond donors (Lipinski definition) is 3. The van der Waals surface area contributed by atoms with E-state index < -0.39 is 0 Å². The molecule has 16 heavy (non-hydrogen) atoms. The van der Waals surface area contributed by atoms with Crippen molar-refractivity contribution in [3.8, 4) is 0 Å². The van der Waals surface area contributed by atoms with Crippen molar-refractivity contribution in [2.75, 3.05) is 18.4 Å². The maximum atomic E-state index is 5.73. The highest BCUT2D eigenvalue weighted by molar-refractivity contribution is 5.45. The minimum Gasteiger partial charge on any atom is -0.383 e. The topological polar surface area (TPSA) is 64.1 Å². The molecule has 0 heterocycles. The lowest BCUT2D eigenvalue weighted by molar-refractivity contribution is 0.713. The van der Waals surface area contributed by atoms with E-state index in [1.54, 1.807) is 0 Å². The third-order valence-electron chi connectivity index (χ3n) is 2.96. The van der Waals surface area contributed by atoms with E-state index in [2.05, 4.69) is 43.4 Å². The molecular weight excluding hydrogens is 198 g/mol. The summed E-state index contributed by atoms with van der Waals surface area (Å²) in [6.45, 7) is 5.68. The van der Waals surface area contributed by atoms with Crippen molar-refractivity contribution in [3.05, 3.63) is 29.8 Å². The summed E-state index contributed by atoms with van der Waals surface area (Å²) in [6, 6.07) is 8.57. The normalized spacial score (nSPS) is 14.5. The summed E-state index contributed by atoms with van der Waals surface area (Å²) in [5, 5.41) is 3.27. The summed E-state index contributed by atoms with van der Waals surface area (Å²) in [5.41, 5.74) is 13.7. The van der Waals surface area contributed by atoms with Crippen molar-refractivity contribution < 1.29 is 0 Å². The van der Waals surface area contributed by atoms with Gasteiger partial charge in [0.1, 0.15) is 0 Å². The summed E-state index contributed by atoms with van der Waals surface area (Å²) in [5.74, 6) is 0.625. The Morgan fingerprint density at radius 1 is 1.25 bits per heavy atom. The first-order valence-electron chi connectivity index (χ1n) is 5.96. The van der Waals surface area contributed by atoms with Gasteiger partial charge >= 0.3 is 0 Å². The molecule has 0 radical (unpaired) electrons. The van der Waals surface area contributed by atoms with Crippen LogP contribution in [-0.2, 0) is 0 Å². The van der Waals surface area contributed by atoms with E-state index in [0.717, 1.165) is 12.2 Å².